The van der Waals surface area contributed by atoms with E-state index in [1.165, 1.54) is 18.2 Å². The molecule has 3 N–H and O–H groups in total. The Morgan fingerprint density at radius 2 is 1.77 bits per heavy atom. The highest BCUT2D eigenvalue weighted by Crippen LogP contribution is 2.33. The first-order valence-corrected chi connectivity index (χ1v) is 12.7. The molecule has 10 heteroatoms. The van der Waals surface area contributed by atoms with Gasteiger partial charge < -0.3 is 25.6 Å². The molecule has 0 unspecified atom stereocenters. The average Bonchev–Trinajstić information content (AvgIpc) is 2.95. The van der Waals surface area contributed by atoms with Gasteiger partial charge in [-0.15, -0.1) is 0 Å². The third-order valence-corrected chi connectivity index (χ3v) is 6.35. The van der Waals surface area contributed by atoms with E-state index >= 15 is 0 Å². The summed E-state index contributed by atoms with van der Waals surface area (Å²) < 4.78 is 19.3. The lowest BCUT2D eigenvalue weighted by Gasteiger charge is -2.30. The topological polar surface area (TPSA) is 91.4 Å². The number of hydrogen-bond acceptors (Lipinski definition) is 7. The summed E-state index contributed by atoms with van der Waals surface area (Å²) in [7, 11) is 0. The number of ether oxygens (including phenoxy) is 1. The summed E-state index contributed by atoms with van der Waals surface area (Å²) in [6.45, 7) is 6.30. The molecule has 3 aromatic carbocycles. The number of nitrogens with one attached hydrogen (secondary N) is 3. The van der Waals surface area contributed by atoms with Crippen LogP contribution in [0.15, 0.2) is 85.6 Å². The van der Waals surface area contributed by atoms with E-state index in [2.05, 4.69) is 32.4 Å². The Morgan fingerprint density at radius 1 is 1.00 bits per heavy atom. The zero-order valence-electron chi connectivity index (χ0n) is 21.0. The van der Waals surface area contributed by atoms with Gasteiger partial charge in [-0.3, -0.25) is 4.79 Å². The number of morpholine rings is 1. The standard InChI is InChI=1S/C29H26ClFN6O2/c1-2-27(38)34-21-7-3-5-19(15-21)28-25(33-22-8-4-6-20(31)16-22)18-32-29(36-28)35-23-9-10-24(30)26(17-23)37-11-13-39-14-12-37/h2-10,15-18,33H,1,11-14H2,(H,34,38)(H,32,35,36). The predicted octanol–water partition coefficient (Wildman–Crippen LogP) is 6.38. The van der Waals surface area contributed by atoms with Gasteiger partial charge in [-0.05, 0) is 54.6 Å². The SMILES string of the molecule is C=CC(=O)Nc1cccc(-c2nc(Nc3ccc(Cl)c(N4CCOCC4)c3)ncc2Nc2cccc(F)c2)c1. The number of benzene rings is 3. The number of carbonyl (C=O) groups is 1. The monoisotopic (exact) mass is 544 g/mol. The fourth-order valence-corrected chi connectivity index (χ4v) is 4.42. The van der Waals surface area contributed by atoms with Crippen LogP contribution in [0.4, 0.5) is 38.8 Å². The van der Waals surface area contributed by atoms with Crippen molar-refractivity contribution in [3.05, 3.63) is 96.4 Å². The number of halogens is 2. The normalized spacial score (nSPS) is 13.0. The van der Waals surface area contributed by atoms with Gasteiger partial charge in [0.25, 0.3) is 0 Å². The van der Waals surface area contributed by atoms with Crippen molar-refractivity contribution in [2.24, 2.45) is 0 Å². The molecule has 0 spiro atoms. The maximum Gasteiger partial charge on any atom is 0.247 e. The van der Waals surface area contributed by atoms with Crippen molar-refractivity contribution in [3.63, 3.8) is 0 Å². The molecule has 39 heavy (non-hydrogen) atoms. The number of aromatic nitrogens is 2. The molecule has 1 amide bonds. The fraction of sp³-hybridized carbons (Fsp3) is 0.138. The number of nitrogens with zero attached hydrogens (tertiary/aromatic N) is 3. The van der Waals surface area contributed by atoms with E-state index in [-0.39, 0.29) is 11.7 Å². The Balaban J connectivity index is 1.49. The zero-order chi connectivity index (χ0) is 27.2. The molecule has 198 valence electrons. The number of rotatable bonds is 8. The number of carbonyl (C=O) groups excluding carboxylic acids is 1. The Hall–Kier alpha value is -4.47. The summed E-state index contributed by atoms with van der Waals surface area (Å²) in [6.07, 6.45) is 2.83. The van der Waals surface area contributed by atoms with Crippen LogP contribution in [0.5, 0.6) is 0 Å². The molecule has 1 saturated heterocycles. The van der Waals surface area contributed by atoms with Crippen molar-refractivity contribution in [1.82, 2.24) is 9.97 Å². The Bertz CT molecular complexity index is 1510. The third kappa shape index (κ3) is 6.51. The Labute approximate surface area is 230 Å². The molecule has 5 rings (SSSR count). The quantitative estimate of drug-likeness (QED) is 0.222. The molecule has 8 nitrogen and oxygen atoms in total. The van der Waals surface area contributed by atoms with Crippen LogP contribution in [-0.4, -0.2) is 42.2 Å². The molecule has 0 bridgehead atoms. The van der Waals surface area contributed by atoms with Crippen LogP contribution >= 0.6 is 11.6 Å². The van der Waals surface area contributed by atoms with Crippen LogP contribution in [0.1, 0.15) is 0 Å². The van der Waals surface area contributed by atoms with E-state index in [9.17, 15) is 9.18 Å². The molecule has 0 atom stereocenters. The molecule has 0 aliphatic carbocycles. The second-order valence-corrected chi connectivity index (χ2v) is 9.16. The first kappa shape index (κ1) is 26.1. The molecule has 1 aromatic heterocycles. The highest BCUT2D eigenvalue weighted by molar-refractivity contribution is 6.33. The van der Waals surface area contributed by atoms with Crippen LogP contribution in [0.3, 0.4) is 0 Å². The summed E-state index contributed by atoms with van der Waals surface area (Å²) in [5, 5.41) is 9.88. The molecule has 1 fully saturated rings. The van der Waals surface area contributed by atoms with Gasteiger partial charge in [-0.25, -0.2) is 14.4 Å². The Kier molecular flexibility index (Phi) is 8.00. The highest BCUT2D eigenvalue weighted by Gasteiger charge is 2.16. The fourth-order valence-electron chi connectivity index (χ4n) is 4.18. The lowest BCUT2D eigenvalue weighted by molar-refractivity contribution is -0.111. The molecule has 0 radical (unpaired) electrons. The summed E-state index contributed by atoms with van der Waals surface area (Å²) in [6, 6.07) is 19.0. The van der Waals surface area contributed by atoms with Gasteiger partial charge in [0.05, 0.1) is 41.5 Å². The van der Waals surface area contributed by atoms with Crippen LogP contribution in [0.25, 0.3) is 11.3 Å². The van der Waals surface area contributed by atoms with Crippen molar-refractivity contribution >= 4 is 51.9 Å². The Morgan fingerprint density at radius 3 is 2.56 bits per heavy atom. The zero-order valence-corrected chi connectivity index (χ0v) is 21.7. The van der Waals surface area contributed by atoms with Gasteiger partial charge in [-0.2, -0.15) is 0 Å². The van der Waals surface area contributed by atoms with E-state index in [4.69, 9.17) is 21.3 Å². The first-order valence-electron chi connectivity index (χ1n) is 12.3. The molecule has 1 aliphatic heterocycles. The van der Waals surface area contributed by atoms with Gasteiger partial charge in [0.15, 0.2) is 0 Å². The molecule has 2 heterocycles. The van der Waals surface area contributed by atoms with Gasteiger partial charge in [0.2, 0.25) is 11.9 Å². The molecular formula is C29H26ClFN6O2. The summed E-state index contributed by atoms with van der Waals surface area (Å²) in [5.74, 6) is -0.339. The average molecular weight is 545 g/mol. The molecule has 1 aliphatic rings. The maximum atomic E-state index is 13.9. The second kappa shape index (κ2) is 11.9. The van der Waals surface area contributed by atoms with Crippen LogP contribution in [0.2, 0.25) is 5.02 Å². The van der Waals surface area contributed by atoms with Crippen molar-refractivity contribution in [2.75, 3.05) is 47.2 Å². The van der Waals surface area contributed by atoms with Crippen LogP contribution in [-0.2, 0) is 9.53 Å². The van der Waals surface area contributed by atoms with E-state index in [1.54, 1.807) is 30.5 Å². The largest absolute Gasteiger partial charge is 0.378 e. The second-order valence-electron chi connectivity index (χ2n) is 8.76. The molecule has 4 aromatic rings. The first-order chi connectivity index (χ1) is 19.0. The third-order valence-electron chi connectivity index (χ3n) is 6.04. The van der Waals surface area contributed by atoms with Gasteiger partial charge >= 0.3 is 0 Å². The number of hydrogen-bond donors (Lipinski definition) is 3. The van der Waals surface area contributed by atoms with E-state index < -0.39 is 0 Å². The van der Waals surface area contributed by atoms with E-state index in [0.29, 0.717) is 52.5 Å². The lowest BCUT2D eigenvalue weighted by atomic mass is 10.1. The summed E-state index contributed by atoms with van der Waals surface area (Å²) >= 11 is 6.50. The van der Waals surface area contributed by atoms with Crippen molar-refractivity contribution < 1.29 is 13.9 Å². The number of amides is 1. The van der Waals surface area contributed by atoms with Crippen molar-refractivity contribution in [3.8, 4) is 11.3 Å². The molecular weight excluding hydrogens is 519 g/mol. The molecule has 0 saturated carbocycles. The maximum absolute atomic E-state index is 13.9. The van der Waals surface area contributed by atoms with Gasteiger partial charge in [0.1, 0.15) is 5.82 Å². The smallest absolute Gasteiger partial charge is 0.247 e. The summed E-state index contributed by atoms with van der Waals surface area (Å²) in [5.41, 5.74) is 4.62. The predicted molar refractivity (Wildman–Crippen MR) is 154 cm³/mol. The minimum Gasteiger partial charge on any atom is -0.378 e. The van der Waals surface area contributed by atoms with Crippen LogP contribution in [0, 0.1) is 5.82 Å². The lowest BCUT2D eigenvalue weighted by Crippen LogP contribution is -2.36. The summed E-state index contributed by atoms with van der Waals surface area (Å²) in [4.78, 5) is 23.3. The van der Waals surface area contributed by atoms with Crippen molar-refractivity contribution in [2.45, 2.75) is 0 Å². The minimum absolute atomic E-state index is 0.325. The van der Waals surface area contributed by atoms with Crippen LogP contribution < -0.4 is 20.9 Å². The number of anilines is 6. The van der Waals surface area contributed by atoms with Gasteiger partial charge in [0, 0.05) is 35.7 Å². The van der Waals surface area contributed by atoms with Gasteiger partial charge in [-0.1, -0.05) is 36.4 Å². The van der Waals surface area contributed by atoms with E-state index in [0.717, 1.165) is 24.5 Å². The highest BCUT2D eigenvalue weighted by atomic mass is 35.5. The minimum atomic E-state index is -0.367. The van der Waals surface area contributed by atoms with Crippen molar-refractivity contribution in [1.29, 1.82) is 0 Å². The van der Waals surface area contributed by atoms with E-state index in [1.807, 2.05) is 30.3 Å².